The summed E-state index contributed by atoms with van der Waals surface area (Å²) >= 11 is 0. The fourth-order valence-corrected chi connectivity index (χ4v) is 4.86. The van der Waals surface area contributed by atoms with Gasteiger partial charge in [-0.25, -0.2) is 4.79 Å². The van der Waals surface area contributed by atoms with Crippen molar-refractivity contribution in [2.45, 2.75) is 71.0 Å². The maximum atomic E-state index is 13.7. The van der Waals surface area contributed by atoms with E-state index in [1.165, 1.54) is 24.3 Å². The molecule has 0 saturated heterocycles. The van der Waals surface area contributed by atoms with Crippen LogP contribution < -0.4 is 10.2 Å². The van der Waals surface area contributed by atoms with E-state index in [0.717, 1.165) is 36.8 Å². The number of hydrogen-bond acceptors (Lipinski definition) is 5. The van der Waals surface area contributed by atoms with Gasteiger partial charge in [-0.05, 0) is 56.9 Å². The van der Waals surface area contributed by atoms with Crippen LogP contribution in [0.15, 0.2) is 24.3 Å². The quantitative estimate of drug-likeness (QED) is 0.740. The molecule has 1 aliphatic carbocycles. The largest absolute Gasteiger partial charge is 0.464 e. The van der Waals surface area contributed by atoms with Crippen LogP contribution in [0, 0.1) is 13.8 Å². The van der Waals surface area contributed by atoms with Gasteiger partial charge in [0.1, 0.15) is 11.2 Å². The SMILES string of the molecule is COC(=O)c1cc2n(n1)CC(C)(C(=O)NC1CCCCC1)N(c1cc(C)cc(C)c1)C2=O. The predicted molar refractivity (Wildman–Crippen MR) is 120 cm³/mol. The Bertz CT molecular complexity index is 1050. The molecule has 1 fully saturated rings. The van der Waals surface area contributed by atoms with Crippen LogP contribution in [0.25, 0.3) is 0 Å². The van der Waals surface area contributed by atoms with Crippen molar-refractivity contribution in [1.82, 2.24) is 15.1 Å². The fourth-order valence-electron chi connectivity index (χ4n) is 4.86. The molecule has 0 spiro atoms. The van der Waals surface area contributed by atoms with Gasteiger partial charge in [-0.3, -0.25) is 19.2 Å². The van der Waals surface area contributed by atoms with E-state index in [2.05, 4.69) is 10.4 Å². The minimum atomic E-state index is -1.21. The first kappa shape index (κ1) is 22.0. The van der Waals surface area contributed by atoms with Crippen LogP contribution in [0.1, 0.15) is 71.1 Å². The molecule has 32 heavy (non-hydrogen) atoms. The molecule has 1 aliphatic heterocycles. The summed E-state index contributed by atoms with van der Waals surface area (Å²) in [7, 11) is 1.27. The van der Waals surface area contributed by atoms with Crippen molar-refractivity contribution in [1.29, 1.82) is 0 Å². The maximum Gasteiger partial charge on any atom is 0.358 e. The maximum absolute atomic E-state index is 13.7. The number of anilines is 1. The summed E-state index contributed by atoms with van der Waals surface area (Å²) in [4.78, 5) is 41.0. The van der Waals surface area contributed by atoms with Crippen molar-refractivity contribution in [3.63, 3.8) is 0 Å². The van der Waals surface area contributed by atoms with Crippen LogP contribution in [0.3, 0.4) is 0 Å². The average Bonchev–Trinajstić information content (AvgIpc) is 3.17. The Balaban J connectivity index is 1.78. The predicted octanol–water partition coefficient (Wildman–Crippen LogP) is 3.15. The lowest BCUT2D eigenvalue weighted by Crippen LogP contribution is -2.65. The third kappa shape index (κ3) is 3.89. The molecule has 2 amide bonds. The number of aromatic nitrogens is 2. The molecule has 1 atom stereocenters. The van der Waals surface area contributed by atoms with Crippen molar-refractivity contribution in [2.24, 2.45) is 0 Å². The van der Waals surface area contributed by atoms with E-state index in [-0.39, 0.29) is 35.8 Å². The Morgan fingerprint density at radius 1 is 1.09 bits per heavy atom. The molecule has 1 aromatic heterocycles. The summed E-state index contributed by atoms with van der Waals surface area (Å²) in [5, 5.41) is 7.46. The van der Waals surface area contributed by atoms with Crippen LogP contribution in [0.4, 0.5) is 5.69 Å². The molecule has 1 N–H and O–H groups in total. The Morgan fingerprint density at radius 2 is 1.75 bits per heavy atom. The van der Waals surface area contributed by atoms with Crippen LogP contribution in [-0.2, 0) is 16.1 Å². The number of fused-ring (bicyclic) bond motifs is 1. The van der Waals surface area contributed by atoms with Gasteiger partial charge in [-0.2, -0.15) is 5.10 Å². The highest BCUT2D eigenvalue weighted by atomic mass is 16.5. The zero-order valence-corrected chi connectivity index (χ0v) is 19.1. The van der Waals surface area contributed by atoms with Crippen LogP contribution in [0.2, 0.25) is 0 Å². The van der Waals surface area contributed by atoms with Crippen LogP contribution >= 0.6 is 0 Å². The van der Waals surface area contributed by atoms with E-state index in [0.29, 0.717) is 5.69 Å². The Kier molecular flexibility index (Phi) is 5.79. The number of methoxy groups -OCH3 is 1. The monoisotopic (exact) mass is 438 g/mol. The number of rotatable bonds is 4. The normalized spacial score (nSPS) is 21.2. The van der Waals surface area contributed by atoms with Crippen molar-refractivity contribution in [3.8, 4) is 0 Å². The summed E-state index contributed by atoms with van der Waals surface area (Å²) in [6, 6.07) is 7.38. The number of nitrogens with zero attached hydrogens (tertiary/aromatic N) is 3. The third-order valence-electron chi connectivity index (χ3n) is 6.44. The Morgan fingerprint density at radius 3 is 2.38 bits per heavy atom. The first-order valence-corrected chi connectivity index (χ1v) is 11.1. The molecule has 0 bridgehead atoms. The topological polar surface area (TPSA) is 93.5 Å². The molecule has 2 aromatic rings. The number of nitrogens with one attached hydrogen (secondary N) is 1. The zero-order chi connectivity index (χ0) is 23.0. The number of esters is 1. The van der Waals surface area contributed by atoms with E-state index in [9.17, 15) is 14.4 Å². The summed E-state index contributed by atoms with van der Waals surface area (Å²) in [5.74, 6) is -1.20. The van der Waals surface area contributed by atoms with Gasteiger partial charge in [0.15, 0.2) is 5.69 Å². The molecular weight excluding hydrogens is 408 g/mol. The summed E-state index contributed by atoms with van der Waals surface area (Å²) in [6.45, 7) is 5.83. The van der Waals surface area contributed by atoms with E-state index < -0.39 is 11.5 Å². The number of benzene rings is 1. The van der Waals surface area contributed by atoms with Crippen molar-refractivity contribution < 1.29 is 19.1 Å². The Hall–Kier alpha value is -3.16. The second kappa shape index (κ2) is 8.41. The van der Waals surface area contributed by atoms with Crippen LogP contribution in [0.5, 0.6) is 0 Å². The first-order chi connectivity index (χ1) is 15.2. The highest BCUT2D eigenvalue weighted by molar-refractivity contribution is 6.12. The molecule has 8 nitrogen and oxygen atoms in total. The molecule has 4 rings (SSSR count). The van der Waals surface area contributed by atoms with E-state index in [4.69, 9.17) is 4.74 Å². The Labute approximate surface area is 187 Å². The average molecular weight is 439 g/mol. The molecular formula is C24H30N4O4. The number of aryl methyl sites for hydroxylation is 2. The minimum absolute atomic E-state index is 0.0492. The molecule has 0 radical (unpaired) electrons. The van der Waals surface area contributed by atoms with Gasteiger partial charge in [0.05, 0.1) is 13.7 Å². The van der Waals surface area contributed by atoms with Crippen molar-refractivity contribution in [3.05, 3.63) is 46.8 Å². The van der Waals surface area contributed by atoms with Gasteiger partial charge in [0.25, 0.3) is 5.91 Å². The number of amides is 2. The molecule has 170 valence electrons. The number of hydrogen-bond donors (Lipinski definition) is 1. The highest BCUT2D eigenvalue weighted by Crippen LogP contribution is 2.34. The summed E-state index contributed by atoms with van der Waals surface area (Å²) in [5.41, 5.74) is 1.75. The molecule has 2 heterocycles. The lowest BCUT2D eigenvalue weighted by atomic mass is 9.90. The number of carbonyl (C=O) groups is 3. The smallest absolute Gasteiger partial charge is 0.358 e. The molecule has 1 saturated carbocycles. The van der Waals surface area contributed by atoms with Gasteiger partial charge < -0.3 is 10.1 Å². The minimum Gasteiger partial charge on any atom is -0.464 e. The number of ether oxygens (including phenoxy) is 1. The first-order valence-electron chi connectivity index (χ1n) is 11.1. The van der Waals surface area contributed by atoms with Gasteiger partial charge in [0.2, 0.25) is 5.91 Å². The molecule has 8 heteroatoms. The van der Waals surface area contributed by atoms with Crippen molar-refractivity contribution >= 4 is 23.5 Å². The molecule has 2 aliphatic rings. The van der Waals surface area contributed by atoms with Gasteiger partial charge in [0, 0.05) is 17.8 Å². The lowest BCUT2D eigenvalue weighted by Gasteiger charge is -2.44. The fraction of sp³-hybridized carbons (Fsp3) is 0.500. The van der Waals surface area contributed by atoms with Gasteiger partial charge >= 0.3 is 5.97 Å². The van der Waals surface area contributed by atoms with E-state index in [1.54, 1.807) is 11.8 Å². The molecule has 1 unspecified atom stereocenters. The molecule has 1 aromatic carbocycles. The van der Waals surface area contributed by atoms with Gasteiger partial charge in [-0.1, -0.05) is 25.3 Å². The number of carbonyl (C=O) groups excluding carboxylic acids is 3. The standard InChI is InChI=1S/C24H30N4O4/c1-15-10-16(2)12-18(11-15)28-21(29)20-13-19(22(30)32-4)26-27(20)14-24(28,3)23(31)25-17-8-6-5-7-9-17/h10-13,17H,5-9,14H2,1-4H3,(H,25,31). The third-order valence-corrected chi connectivity index (χ3v) is 6.44. The summed E-state index contributed by atoms with van der Waals surface area (Å²) < 4.78 is 6.23. The van der Waals surface area contributed by atoms with Crippen molar-refractivity contribution in [2.75, 3.05) is 12.0 Å². The second-order valence-corrected chi connectivity index (χ2v) is 9.13. The van der Waals surface area contributed by atoms with E-state index in [1.807, 2.05) is 32.0 Å². The summed E-state index contributed by atoms with van der Waals surface area (Å²) in [6.07, 6.45) is 5.25. The van der Waals surface area contributed by atoms with Gasteiger partial charge in [-0.15, -0.1) is 0 Å². The van der Waals surface area contributed by atoms with E-state index >= 15 is 0 Å². The second-order valence-electron chi connectivity index (χ2n) is 9.13. The zero-order valence-electron chi connectivity index (χ0n) is 19.1. The van der Waals surface area contributed by atoms with Crippen LogP contribution in [-0.4, -0.2) is 46.3 Å². The lowest BCUT2D eigenvalue weighted by molar-refractivity contribution is -0.127. The highest BCUT2D eigenvalue weighted by Gasteiger charge is 2.49.